The first-order chi connectivity index (χ1) is 14.6. The number of hydrogen-bond acceptors (Lipinski definition) is 1. The van der Waals surface area contributed by atoms with Gasteiger partial charge in [0.25, 0.3) is 0 Å². The Hall–Kier alpha value is -2.94. The molecule has 0 aromatic heterocycles. The van der Waals surface area contributed by atoms with Crippen molar-refractivity contribution >= 4 is 19.3 Å². The van der Waals surface area contributed by atoms with E-state index in [1.54, 1.807) is 0 Å². The first-order valence-electron chi connectivity index (χ1n) is 10.5. The third-order valence-electron chi connectivity index (χ3n) is 5.62. The predicted molar refractivity (Wildman–Crippen MR) is 130 cm³/mol. The van der Waals surface area contributed by atoms with Crippen molar-refractivity contribution in [1.82, 2.24) is 4.57 Å². The Morgan fingerprint density at radius 2 is 0.900 bits per heavy atom. The van der Waals surface area contributed by atoms with Gasteiger partial charge in [0.15, 0.2) is 0 Å². The van der Waals surface area contributed by atoms with Gasteiger partial charge in [-0.3, -0.25) is 0 Å². The summed E-state index contributed by atoms with van der Waals surface area (Å²) in [6, 6.07) is 40.2. The molecular formula is C28H28NSi. The second-order valence-electron chi connectivity index (χ2n) is 7.92. The molecule has 0 spiro atoms. The highest BCUT2D eigenvalue weighted by Crippen LogP contribution is 2.28. The first kappa shape index (κ1) is 20.3. The smallest absolute Gasteiger partial charge is 0.209 e. The molecule has 0 saturated carbocycles. The molecule has 0 saturated heterocycles. The van der Waals surface area contributed by atoms with Gasteiger partial charge in [-0.15, -0.1) is 0 Å². The Balaban J connectivity index is 1.85. The van der Waals surface area contributed by atoms with E-state index in [1.807, 2.05) is 0 Å². The summed E-state index contributed by atoms with van der Waals surface area (Å²) >= 11 is 0. The molecule has 4 aromatic rings. The van der Waals surface area contributed by atoms with Gasteiger partial charge >= 0.3 is 0 Å². The molecule has 1 radical (unpaired) electrons. The van der Waals surface area contributed by atoms with Gasteiger partial charge in [0, 0.05) is 0 Å². The van der Waals surface area contributed by atoms with Crippen LogP contribution in [0.25, 0.3) is 0 Å². The average Bonchev–Trinajstić information content (AvgIpc) is 2.78. The molecule has 0 N–H and O–H groups in total. The molecule has 0 atom stereocenters. The largest absolute Gasteiger partial charge is 0.309 e. The topological polar surface area (TPSA) is 3.24 Å². The fourth-order valence-electron chi connectivity index (χ4n) is 4.04. The van der Waals surface area contributed by atoms with E-state index in [-0.39, 0.29) is 6.04 Å². The molecule has 0 amide bonds. The third kappa shape index (κ3) is 4.45. The SMILES string of the molecule is Cc1ccc([Si](c2ccc(C)cc2)N(C)C(c2ccccc2)c2ccccc2)cc1. The Bertz CT molecular complexity index is 972. The van der Waals surface area contributed by atoms with E-state index < -0.39 is 8.96 Å². The van der Waals surface area contributed by atoms with Crippen molar-refractivity contribution in [2.45, 2.75) is 19.9 Å². The van der Waals surface area contributed by atoms with Crippen molar-refractivity contribution in [3.05, 3.63) is 131 Å². The summed E-state index contributed by atoms with van der Waals surface area (Å²) < 4.78 is 2.60. The molecule has 149 valence electrons. The van der Waals surface area contributed by atoms with Gasteiger partial charge in [0.2, 0.25) is 8.96 Å². The minimum atomic E-state index is -1.17. The van der Waals surface area contributed by atoms with Crippen LogP contribution in [0, 0.1) is 13.8 Å². The second-order valence-corrected chi connectivity index (χ2v) is 10.5. The second kappa shape index (κ2) is 9.25. The molecule has 0 aliphatic carbocycles. The zero-order valence-electron chi connectivity index (χ0n) is 17.9. The van der Waals surface area contributed by atoms with E-state index in [4.69, 9.17) is 0 Å². The lowest BCUT2D eigenvalue weighted by Gasteiger charge is -2.35. The molecule has 0 aliphatic heterocycles. The van der Waals surface area contributed by atoms with Crippen LogP contribution in [0.4, 0.5) is 0 Å². The minimum Gasteiger partial charge on any atom is -0.309 e. The number of rotatable bonds is 6. The van der Waals surface area contributed by atoms with Gasteiger partial charge in [-0.1, -0.05) is 120 Å². The van der Waals surface area contributed by atoms with E-state index in [0.29, 0.717) is 0 Å². The van der Waals surface area contributed by atoms with E-state index >= 15 is 0 Å². The van der Waals surface area contributed by atoms with Crippen LogP contribution in [0.2, 0.25) is 0 Å². The van der Waals surface area contributed by atoms with Crippen LogP contribution in [-0.4, -0.2) is 20.6 Å². The maximum Gasteiger partial charge on any atom is 0.209 e. The van der Waals surface area contributed by atoms with Crippen LogP contribution in [-0.2, 0) is 0 Å². The zero-order valence-corrected chi connectivity index (χ0v) is 18.9. The Kier molecular flexibility index (Phi) is 6.27. The highest BCUT2D eigenvalue weighted by Gasteiger charge is 2.30. The molecular weight excluding hydrogens is 378 g/mol. The van der Waals surface area contributed by atoms with Crippen molar-refractivity contribution in [3.8, 4) is 0 Å². The highest BCUT2D eigenvalue weighted by atomic mass is 28.3. The van der Waals surface area contributed by atoms with Crippen molar-refractivity contribution in [1.29, 1.82) is 0 Å². The monoisotopic (exact) mass is 406 g/mol. The Labute approximate surface area is 182 Å². The summed E-state index contributed by atoms with van der Waals surface area (Å²) in [6.45, 7) is 4.31. The molecule has 4 rings (SSSR count). The van der Waals surface area contributed by atoms with Crippen LogP contribution < -0.4 is 10.4 Å². The van der Waals surface area contributed by atoms with E-state index in [0.717, 1.165) is 0 Å². The molecule has 0 aliphatic rings. The quantitative estimate of drug-likeness (QED) is 0.401. The molecule has 0 bridgehead atoms. The van der Waals surface area contributed by atoms with E-state index in [2.05, 4.69) is 135 Å². The summed E-state index contributed by atoms with van der Waals surface area (Å²) in [4.78, 5) is 0. The van der Waals surface area contributed by atoms with Crippen LogP contribution in [0.5, 0.6) is 0 Å². The Morgan fingerprint density at radius 1 is 0.533 bits per heavy atom. The highest BCUT2D eigenvalue weighted by molar-refractivity contribution is 6.82. The third-order valence-corrected chi connectivity index (χ3v) is 8.34. The van der Waals surface area contributed by atoms with Gasteiger partial charge in [0.1, 0.15) is 0 Å². The average molecular weight is 407 g/mol. The van der Waals surface area contributed by atoms with Crippen LogP contribution in [0.15, 0.2) is 109 Å². The molecule has 0 heterocycles. The van der Waals surface area contributed by atoms with Crippen molar-refractivity contribution < 1.29 is 0 Å². The normalized spacial score (nSPS) is 11.4. The summed E-state index contributed by atoms with van der Waals surface area (Å²) in [7, 11) is 1.12. The van der Waals surface area contributed by atoms with Gasteiger partial charge in [-0.25, -0.2) is 0 Å². The molecule has 4 aromatic carbocycles. The summed E-state index contributed by atoms with van der Waals surface area (Å²) in [6.07, 6.45) is 0. The molecule has 0 fully saturated rings. The molecule has 30 heavy (non-hydrogen) atoms. The van der Waals surface area contributed by atoms with Crippen LogP contribution in [0.3, 0.4) is 0 Å². The van der Waals surface area contributed by atoms with Gasteiger partial charge in [-0.2, -0.15) is 0 Å². The lowest BCUT2D eigenvalue weighted by Crippen LogP contribution is -2.56. The zero-order chi connectivity index (χ0) is 20.9. The minimum absolute atomic E-state index is 0.198. The van der Waals surface area contributed by atoms with Gasteiger partial charge < -0.3 is 4.57 Å². The van der Waals surface area contributed by atoms with Gasteiger partial charge in [-0.05, 0) is 42.4 Å². The maximum absolute atomic E-state index is 2.60. The lowest BCUT2D eigenvalue weighted by atomic mass is 9.99. The number of benzene rings is 4. The van der Waals surface area contributed by atoms with Crippen LogP contribution >= 0.6 is 0 Å². The van der Waals surface area contributed by atoms with Crippen molar-refractivity contribution in [2.75, 3.05) is 7.05 Å². The molecule has 2 heteroatoms. The number of nitrogens with zero attached hydrogens (tertiary/aromatic N) is 1. The predicted octanol–water partition coefficient (Wildman–Crippen LogP) is 5.13. The van der Waals surface area contributed by atoms with Crippen LogP contribution in [0.1, 0.15) is 28.3 Å². The Morgan fingerprint density at radius 3 is 1.27 bits per heavy atom. The number of hydrogen-bond donors (Lipinski definition) is 0. The summed E-state index contributed by atoms with van der Waals surface area (Å²) in [5.41, 5.74) is 5.25. The fraction of sp³-hybridized carbons (Fsp3) is 0.143. The maximum atomic E-state index is 2.60. The van der Waals surface area contributed by atoms with Crippen molar-refractivity contribution in [2.24, 2.45) is 0 Å². The van der Waals surface area contributed by atoms with Crippen molar-refractivity contribution in [3.63, 3.8) is 0 Å². The number of aryl methyl sites for hydroxylation is 2. The standard InChI is InChI=1S/C28H28NSi/c1-22-14-18-26(19-15-22)30(27-20-16-23(2)17-21-27)29(3)28(24-10-6-4-7-11-24)25-12-8-5-9-13-25/h4-21,28H,1-3H3. The fourth-order valence-corrected chi connectivity index (χ4v) is 6.71. The molecule has 1 nitrogen and oxygen atoms in total. The van der Waals surface area contributed by atoms with E-state index in [1.165, 1.54) is 32.6 Å². The first-order valence-corrected chi connectivity index (χ1v) is 11.9. The summed E-state index contributed by atoms with van der Waals surface area (Å²) in [5, 5.41) is 2.82. The van der Waals surface area contributed by atoms with Gasteiger partial charge in [0.05, 0.1) is 6.04 Å². The van der Waals surface area contributed by atoms with E-state index in [9.17, 15) is 0 Å². The lowest BCUT2D eigenvalue weighted by molar-refractivity contribution is 0.450. The molecule has 0 unspecified atom stereocenters. The summed E-state index contributed by atoms with van der Waals surface area (Å²) in [5.74, 6) is 0.